The smallest absolute Gasteiger partial charge is 0.146 e. The van der Waals surface area contributed by atoms with Gasteiger partial charge in [0.1, 0.15) is 5.78 Å². The molecule has 4 aliphatic carbocycles. The van der Waals surface area contributed by atoms with E-state index in [0.717, 1.165) is 30.6 Å². The molecule has 0 aromatic rings. The van der Waals surface area contributed by atoms with Gasteiger partial charge in [-0.25, -0.2) is 0 Å². The number of hydrogen-bond acceptors (Lipinski definition) is 2. The molecule has 19 heavy (non-hydrogen) atoms. The molecule has 1 atom stereocenters. The van der Waals surface area contributed by atoms with Crippen molar-refractivity contribution in [3.63, 3.8) is 0 Å². The van der Waals surface area contributed by atoms with Gasteiger partial charge >= 0.3 is 0 Å². The van der Waals surface area contributed by atoms with Gasteiger partial charge in [-0.15, -0.1) is 0 Å². The number of carbonyl (C=O) groups excluding carboxylic acids is 1. The van der Waals surface area contributed by atoms with Crippen LogP contribution < -0.4 is 0 Å². The fourth-order valence-corrected chi connectivity index (χ4v) is 7.24. The number of rotatable bonds is 3. The van der Waals surface area contributed by atoms with Gasteiger partial charge in [0.25, 0.3) is 0 Å². The molecule has 0 amide bonds. The first-order valence-electron chi connectivity index (χ1n) is 8.37. The molecule has 0 aromatic carbocycles. The maximum atomic E-state index is 12.7. The van der Waals surface area contributed by atoms with E-state index < -0.39 is 0 Å². The minimum absolute atomic E-state index is 0.363. The number of Topliss-reactive ketones (excluding diaryl/α,β-unsaturated/α-hetero) is 1. The van der Waals surface area contributed by atoms with E-state index in [4.69, 9.17) is 0 Å². The Kier molecular flexibility index (Phi) is 3.21. The molecule has 1 aliphatic heterocycles. The molecule has 0 radical (unpaired) electrons. The number of carbonyl (C=O) groups is 1. The van der Waals surface area contributed by atoms with Crippen LogP contribution in [0.25, 0.3) is 0 Å². The molecule has 4 bridgehead atoms. The van der Waals surface area contributed by atoms with Crippen molar-refractivity contribution in [2.24, 2.45) is 23.2 Å². The van der Waals surface area contributed by atoms with Gasteiger partial charge in [0, 0.05) is 6.42 Å². The summed E-state index contributed by atoms with van der Waals surface area (Å²) >= 11 is 1.95. The minimum atomic E-state index is 0.363. The molecule has 5 rings (SSSR count). The van der Waals surface area contributed by atoms with Crippen LogP contribution in [-0.2, 0) is 4.79 Å². The summed E-state index contributed by atoms with van der Waals surface area (Å²) in [5, 5.41) is 0.363. The van der Waals surface area contributed by atoms with E-state index >= 15 is 0 Å². The molecule has 0 N–H and O–H groups in total. The average Bonchev–Trinajstić information content (AvgIpc) is 2.37. The maximum Gasteiger partial charge on any atom is 0.146 e. The van der Waals surface area contributed by atoms with Crippen molar-refractivity contribution in [1.29, 1.82) is 0 Å². The second-order valence-electron chi connectivity index (χ2n) is 7.92. The Labute approximate surface area is 121 Å². The highest BCUT2D eigenvalue weighted by Crippen LogP contribution is 2.61. The summed E-state index contributed by atoms with van der Waals surface area (Å²) in [5.41, 5.74) is 0.462. The molecule has 0 spiro atoms. The molecule has 1 heterocycles. The third-order valence-corrected chi connectivity index (χ3v) is 7.68. The fraction of sp³-hybridized carbons (Fsp3) is 0.941. The molecular formula is C17H26OS. The van der Waals surface area contributed by atoms with Crippen LogP contribution in [0.5, 0.6) is 0 Å². The predicted molar refractivity (Wildman–Crippen MR) is 80.3 cm³/mol. The normalized spacial score (nSPS) is 48.4. The largest absolute Gasteiger partial charge is 0.298 e. The Bertz CT molecular complexity index is 334. The van der Waals surface area contributed by atoms with E-state index in [1.54, 1.807) is 0 Å². The lowest BCUT2D eigenvalue weighted by atomic mass is 9.48. The lowest BCUT2D eigenvalue weighted by molar-refractivity contribution is -0.127. The molecule has 5 fully saturated rings. The monoisotopic (exact) mass is 278 g/mol. The van der Waals surface area contributed by atoms with Crippen LogP contribution in [0.4, 0.5) is 0 Å². The quantitative estimate of drug-likeness (QED) is 0.759. The second-order valence-corrected chi connectivity index (χ2v) is 9.23. The molecule has 2 heteroatoms. The lowest BCUT2D eigenvalue weighted by Gasteiger charge is -2.57. The Hall–Kier alpha value is 0.0200. The average molecular weight is 278 g/mol. The zero-order valence-corrected chi connectivity index (χ0v) is 12.7. The van der Waals surface area contributed by atoms with Crippen LogP contribution in [0.3, 0.4) is 0 Å². The van der Waals surface area contributed by atoms with E-state index in [2.05, 4.69) is 0 Å². The Morgan fingerprint density at radius 1 is 1.00 bits per heavy atom. The molecule has 1 unspecified atom stereocenters. The first kappa shape index (κ1) is 12.7. The summed E-state index contributed by atoms with van der Waals surface area (Å²) in [5.74, 6) is 4.79. The summed E-state index contributed by atoms with van der Waals surface area (Å²) in [6.45, 7) is 0. The van der Waals surface area contributed by atoms with Crippen molar-refractivity contribution in [3.05, 3.63) is 0 Å². The summed E-state index contributed by atoms with van der Waals surface area (Å²) in [6.07, 6.45) is 13.4. The van der Waals surface area contributed by atoms with Crippen LogP contribution in [0, 0.1) is 23.2 Å². The second kappa shape index (κ2) is 4.79. The number of hydrogen-bond donors (Lipinski definition) is 0. The van der Waals surface area contributed by atoms with Crippen molar-refractivity contribution in [1.82, 2.24) is 0 Å². The van der Waals surface area contributed by atoms with E-state index in [1.165, 1.54) is 57.1 Å². The third-order valence-electron chi connectivity index (χ3n) is 6.25. The molecule has 106 valence electrons. The van der Waals surface area contributed by atoms with Gasteiger partial charge < -0.3 is 0 Å². The van der Waals surface area contributed by atoms with Crippen molar-refractivity contribution in [2.45, 2.75) is 69.5 Å². The van der Waals surface area contributed by atoms with Gasteiger partial charge in [-0.2, -0.15) is 11.8 Å². The predicted octanol–water partition coefficient (Wildman–Crippen LogP) is 4.45. The Morgan fingerprint density at radius 2 is 1.63 bits per heavy atom. The van der Waals surface area contributed by atoms with Crippen molar-refractivity contribution < 1.29 is 4.79 Å². The minimum Gasteiger partial charge on any atom is -0.298 e. The standard InChI is InChI=1S/C17H26OS/c18-15(16-3-1-2-4-19-16)11-17-8-12-5-13(9-17)7-14(6-12)10-17/h12-14,16H,1-11H2. The van der Waals surface area contributed by atoms with E-state index in [1.807, 2.05) is 11.8 Å². The third kappa shape index (κ3) is 2.39. The Morgan fingerprint density at radius 3 is 2.16 bits per heavy atom. The highest BCUT2D eigenvalue weighted by Gasteiger charge is 2.51. The van der Waals surface area contributed by atoms with Crippen LogP contribution >= 0.6 is 11.8 Å². The first-order valence-corrected chi connectivity index (χ1v) is 9.42. The molecule has 1 saturated heterocycles. The van der Waals surface area contributed by atoms with Crippen LogP contribution in [0.1, 0.15) is 64.2 Å². The van der Waals surface area contributed by atoms with Crippen LogP contribution in [0.15, 0.2) is 0 Å². The van der Waals surface area contributed by atoms with Crippen molar-refractivity contribution in [3.8, 4) is 0 Å². The van der Waals surface area contributed by atoms with Gasteiger partial charge in [0.05, 0.1) is 5.25 Å². The first-order chi connectivity index (χ1) is 9.22. The van der Waals surface area contributed by atoms with Crippen molar-refractivity contribution in [2.75, 3.05) is 5.75 Å². The van der Waals surface area contributed by atoms with Gasteiger partial charge in [-0.05, 0) is 80.3 Å². The number of ketones is 1. The highest BCUT2D eigenvalue weighted by atomic mass is 32.2. The fourth-order valence-electron chi connectivity index (χ4n) is 5.98. The Balaban J connectivity index is 1.45. The van der Waals surface area contributed by atoms with Crippen molar-refractivity contribution >= 4 is 17.5 Å². The summed E-state index contributed by atoms with van der Waals surface area (Å²) in [4.78, 5) is 12.7. The summed E-state index contributed by atoms with van der Waals surface area (Å²) in [7, 11) is 0. The zero-order valence-electron chi connectivity index (χ0n) is 11.9. The molecule has 4 saturated carbocycles. The maximum absolute atomic E-state index is 12.7. The highest BCUT2D eigenvalue weighted by molar-refractivity contribution is 8.00. The van der Waals surface area contributed by atoms with E-state index in [-0.39, 0.29) is 0 Å². The SMILES string of the molecule is O=C(CC12CC3CC(CC(C3)C1)C2)C1CCCCS1. The lowest BCUT2D eigenvalue weighted by Crippen LogP contribution is -2.47. The van der Waals surface area contributed by atoms with E-state index in [9.17, 15) is 4.79 Å². The van der Waals surface area contributed by atoms with Gasteiger partial charge in [0.15, 0.2) is 0 Å². The molecule has 5 aliphatic rings. The topological polar surface area (TPSA) is 17.1 Å². The molecule has 1 nitrogen and oxygen atoms in total. The van der Waals surface area contributed by atoms with Gasteiger partial charge in [-0.1, -0.05) is 6.42 Å². The molecular weight excluding hydrogens is 252 g/mol. The zero-order chi connectivity index (χ0) is 12.9. The summed E-state index contributed by atoms with van der Waals surface area (Å²) < 4.78 is 0. The van der Waals surface area contributed by atoms with Gasteiger partial charge in [0.2, 0.25) is 0 Å². The summed E-state index contributed by atoms with van der Waals surface area (Å²) in [6, 6.07) is 0. The number of thioether (sulfide) groups is 1. The van der Waals surface area contributed by atoms with Crippen LogP contribution in [0.2, 0.25) is 0 Å². The van der Waals surface area contributed by atoms with E-state index in [0.29, 0.717) is 16.4 Å². The van der Waals surface area contributed by atoms with Crippen LogP contribution in [-0.4, -0.2) is 16.8 Å². The van der Waals surface area contributed by atoms with Gasteiger partial charge in [-0.3, -0.25) is 4.79 Å². The molecule has 0 aromatic heterocycles.